The Bertz CT molecular complexity index is 564. The van der Waals surface area contributed by atoms with Crippen molar-refractivity contribution in [2.24, 2.45) is 0 Å². The molecule has 1 aromatic heterocycles. The summed E-state index contributed by atoms with van der Waals surface area (Å²) >= 11 is 2.33. The third kappa shape index (κ3) is 3.51. The van der Waals surface area contributed by atoms with Gasteiger partial charge >= 0.3 is 0 Å². The summed E-state index contributed by atoms with van der Waals surface area (Å²) in [6.07, 6.45) is 6.33. The van der Waals surface area contributed by atoms with Crippen LogP contribution in [0.3, 0.4) is 0 Å². The quantitative estimate of drug-likeness (QED) is 0.582. The fraction of sp³-hybridized carbons (Fsp3) is 0.533. The zero-order chi connectivity index (χ0) is 13.8. The van der Waals surface area contributed by atoms with Crippen molar-refractivity contribution in [1.29, 1.82) is 0 Å². The molecular weight excluding hydrogens is 367 g/mol. The van der Waals surface area contributed by atoms with Crippen LogP contribution in [-0.4, -0.2) is 29.1 Å². The minimum absolute atomic E-state index is 0.0178. The average molecular weight is 386 g/mol. The van der Waals surface area contributed by atoms with Crippen LogP contribution in [0.4, 0.5) is 0 Å². The lowest BCUT2D eigenvalue weighted by Gasteiger charge is -2.22. The molecule has 3 rings (SSSR count). The van der Waals surface area contributed by atoms with Gasteiger partial charge in [-0.2, -0.15) is 0 Å². The van der Waals surface area contributed by atoms with Crippen molar-refractivity contribution < 1.29 is 9.47 Å². The number of imidazole rings is 1. The van der Waals surface area contributed by atoms with E-state index in [-0.39, 0.29) is 6.29 Å². The molecule has 20 heavy (non-hydrogen) atoms. The van der Waals surface area contributed by atoms with Gasteiger partial charge in [-0.1, -0.05) is 0 Å². The summed E-state index contributed by atoms with van der Waals surface area (Å²) in [6.45, 7) is 2.52. The van der Waals surface area contributed by atoms with E-state index < -0.39 is 0 Å². The molecule has 1 fully saturated rings. The van der Waals surface area contributed by atoms with Gasteiger partial charge in [-0.3, -0.25) is 0 Å². The number of benzene rings is 1. The predicted octanol–water partition coefficient (Wildman–Crippen LogP) is 3.57. The smallest absolute Gasteiger partial charge is 0.157 e. The van der Waals surface area contributed by atoms with Crippen molar-refractivity contribution in [2.45, 2.75) is 38.5 Å². The van der Waals surface area contributed by atoms with Gasteiger partial charge in [0.1, 0.15) is 0 Å². The van der Waals surface area contributed by atoms with Crippen molar-refractivity contribution in [1.82, 2.24) is 9.55 Å². The Balaban J connectivity index is 1.50. The van der Waals surface area contributed by atoms with Crippen molar-refractivity contribution in [2.75, 3.05) is 13.2 Å². The van der Waals surface area contributed by atoms with Gasteiger partial charge in [0.15, 0.2) is 6.29 Å². The van der Waals surface area contributed by atoms with Crippen LogP contribution in [0.1, 0.15) is 25.7 Å². The Labute approximate surface area is 132 Å². The Hall–Kier alpha value is -0.660. The maximum atomic E-state index is 5.76. The molecule has 2 heterocycles. The van der Waals surface area contributed by atoms with E-state index in [1.54, 1.807) is 0 Å². The molecular formula is C15H19IN2O2. The summed E-state index contributed by atoms with van der Waals surface area (Å²) in [4.78, 5) is 4.42. The van der Waals surface area contributed by atoms with Crippen molar-refractivity contribution >= 4 is 33.6 Å². The van der Waals surface area contributed by atoms with E-state index in [1.165, 1.54) is 21.9 Å². The second-order valence-corrected chi connectivity index (χ2v) is 6.34. The standard InChI is InChI=1S/C15H19IN2O2/c16-12-5-6-13-14(10-12)18(11-17-13)7-3-9-20-15-4-1-2-8-19-15/h5-6,10-11,15H,1-4,7-9H2. The van der Waals surface area contributed by atoms with Gasteiger partial charge in [0.05, 0.1) is 24.0 Å². The van der Waals surface area contributed by atoms with Gasteiger partial charge in [-0.15, -0.1) is 0 Å². The number of aryl methyl sites for hydroxylation is 1. The van der Waals surface area contributed by atoms with Gasteiger partial charge in [0.25, 0.3) is 0 Å². The van der Waals surface area contributed by atoms with E-state index in [2.05, 4.69) is 50.3 Å². The van der Waals surface area contributed by atoms with E-state index in [9.17, 15) is 0 Å². The molecule has 0 bridgehead atoms. The first-order chi connectivity index (χ1) is 9.83. The van der Waals surface area contributed by atoms with E-state index in [0.717, 1.165) is 38.1 Å². The van der Waals surface area contributed by atoms with Gasteiger partial charge < -0.3 is 14.0 Å². The van der Waals surface area contributed by atoms with Crippen LogP contribution < -0.4 is 0 Å². The summed E-state index contributed by atoms with van der Waals surface area (Å²) in [5.41, 5.74) is 2.26. The molecule has 0 spiro atoms. The van der Waals surface area contributed by atoms with E-state index in [0.29, 0.717) is 0 Å². The molecule has 0 aliphatic carbocycles. The van der Waals surface area contributed by atoms with Crippen LogP contribution in [0.2, 0.25) is 0 Å². The molecule has 1 aliphatic rings. The van der Waals surface area contributed by atoms with E-state index >= 15 is 0 Å². The normalized spacial score (nSPS) is 19.6. The summed E-state index contributed by atoms with van der Waals surface area (Å²) in [5, 5.41) is 0. The number of fused-ring (bicyclic) bond motifs is 1. The molecule has 1 atom stereocenters. The highest BCUT2D eigenvalue weighted by molar-refractivity contribution is 14.1. The number of hydrogen-bond donors (Lipinski definition) is 0. The number of halogens is 1. The predicted molar refractivity (Wildman–Crippen MR) is 86.6 cm³/mol. The third-order valence-corrected chi connectivity index (χ3v) is 4.24. The van der Waals surface area contributed by atoms with Gasteiger partial charge in [0.2, 0.25) is 0 Å². The topological polar surface area (TPSA) is 36.3 Å². The first-order valence-electron chi connectivity index (χ1n) is 7.16. The van der Waals surface area contributed by atoms with Crippen LogP contribution in [-0.2, 0) is 16.0 Å². The maximum absolute atomic E-state index is 5.76. The van der Waals surface area contributed by atoms with Crippen LogP contribution in [0.25, 0.3) is 11.0 Å². The molecule has 0 saturated carbocycles. The van der Waals surface area contributed by atoms with Gasteiger partial charge in [-0.25, -0.2) is 4.98 Å². The highest BCUT2D eigenvalue weighted by Gasteiger charge is 2.13. The second kappa shape index (κ2) is 6.87. The van der Waals surface area contributed by atoms with E-state index in [4.69, 9.17) is 9.47 Å². The average Bonchev–Trinajstić information content (AvgIpc) is 2.87. The zero-order valence-corrected chi connectivity index (χ0v) is 13.6. The first kappa shape index (κ1) is 14.3. The zero-order valence-electron chi connectivity index (χ0n) is 11.4. The minimum Gasteiger partial charge on any atom is -0.353 e. The van der Waals surface area contributed by atoms with E-state index in [1.807, 2.05) is 6.33 Å². The second-order valence-electron chi connectivity index (χ2n) is 5.09. The molecule has 1 aromatic carbocycles. The maximum Gasteiger partial charge on any atom is 0.157 e. The monoisotopic (exact) mass is 386 g/mol. The number of ether oxygens (including phenoxy) is 2. The Kier molecular flexibility index (Phi) is 4.90. The Morgan fingerprint density at radius 3 is 3.20 bits per heavy atom. The molecule has 1 aliphatic heterocycles. The van der Waals surface area contributed by atoms with Crippen LogP contribution in [0.15, 0.2) is 24.5 Å². The van der Waals surface area contributed by atoms with Crippen molar-refractivity contribution in [3.63, 3.8) is 0 Å². The van der Waals surface area contributed by atoms with Crippen LogP contribution in [0, 0.1) is 3.57 Å². The van der Waals surface area contributed by atoms with Crippen molar-refractivity contribution in [3.8, 4) is 0 Å². The van der Waals surface area contributed by atoms with Crippen LogP contribution >= 0.6 is 22.6 Å². The highest BCUT2D eigenvalue weighted by Crippen LogP contribution is 2.17. The number of rotatable bonds is 5. The molecule has 1 saturated heterocycles. The number of hydrogen-bond acceptors (Lipinski definition) is 3. The molecule has 5 heteroatoms. The SMILES string of the molecule is Ic1ccc2ncn(CCCOC3CCCCO3)c2c1. The molecule has 0 N–H and O–H groups in total. The molecule has 2 aromatic rings. The molecule has 0 amide bonds. The van der Waals surface area contributed by atoms with Gasteiger partial charge in [-0.05, 0) is 66.5 Å². The molecule has 1 unspecified atom stereocenters. The summed E-state index contributed by atoms with van der Waals surface area (Å²) in [6, 6.07) is 6.33. The molecule has 4 nitrogen and oxygen atoms in total. The molecule has 108 valence electrons. The summed E-state index contributed by atoms with van der Waals surface area (Å²) in [5.74, 6) is 0. The number of aromatic nitrogens is 2. The lowest BCUT2D eigenvalue weighted by atomic mass is 10.2. The van der Waals surface area contributed by atoms with Crippen LogP contribution in [0.5, 0.6) is 0 Å². The fourth-order valence-electron chi connectivity index (χ4n) is 2.50. The minimum atomic E-state index is 0.0178. The van der Waals surface area contributed by atoms with Crippen molar-refractivity contribution in [3.05, 3.63) is 28.1 Å². The first-order valence-corrected chi connectivity index (χ1v) is 8.24. The Morgan fingerprint density at radius 2 is 2.35 bits per heavy atom. The molecule has 0 radical (unpaired) electrons. The Morgan fingerprint density at radius 1 is 1.40 bits per heavy atom. The lowest BCUT2D eigenvalue weighted by Crippen LogP contribution is -2.22. The fourth-order valence-corrected chi connectivity index (χ4v) is 2.98. The summed E-state index contributed by atoms with van der Waals surface area (Å²) in [7, 11) is 0. The largest absolute Gasteiger partial charge is 0.353 e. The third-order valence-electron chi connectivity index (χ3n) is 3.57. The lowest BCUT2D eigenvalue weighted by molar-refractivity contribution is -0.162. The summed E-state index contributed by atoms with van der Waals surface area (Å²) < 4.78 is 14.8. The van der Waals surface area contributed by atoms with Gasteiger partial charge in [0, 0.05) is 16.7 Å². The highest BCUT2D eigenvalue weighted by atomic mass is 127. The number of nitrogens with zero attached hydrogens (tertiary/aromatic N) is 2.